The van der Waals surface area contributed by atoms with E-state index in [4.69, 9.17) is 11.6 Å². The second-order valence-corrected chi connectivity index (χ2v) is 6.58. The van der Waals surface area contributed by atoms with Crippen LogP contribution in [0.4, 0.5) is 5.69 Å². The van der Waals surface area contributed by atoms with Crippen molar-refractivity contribution in [2.24, 2.45) is 5.41 Å². The molecule has 0 aromatic heterocycles. The molecule has 0 radical (unpaired) electrons. The SMILES string of the molecule is Cc1cc(Cl)ccc1NC(=O)C(=O)NC1CCCC1(C)CO. The summed E-state index contributed by atoms with van der Waals surface area (Å²) in [6.45, 7) is 3.72. The first-order valence-corrected chi connectivity index (χ1v) is 7.72. The van der Waals surface area contributed by atoms with Crippen LogP contribution in [0.5, 0.6) is 0 Å². The predicted octanol–water partition coefficient (Wildman–Crippen LogP) is 2.25. The normalized spacial score (nSPS) is 24.1. The first kappa shape index (κ1) is 16.8. The number of rotatable bonds is 3. The fraction of sp³-hybridized carbons (Fsp3) is 0.500. The van der Waals surface area contributed by atoms with Crippen LogP contribution in [0.2, 0.25) is 5.02 Å². The summed E-state index contributed by atoms with van der Waals surface area (Å²) in [6, 6.07) is 4.86. The molecule has 1 saturated carbocycles. The molecule has 1 fully saturated rings. The Kier molecular flexibility index (Phi) is 5.08. The monoisotopic (exact) mass is 324 g/mol. The number of carbonyl (C=O) groups excluding carboxylic acids is 2. The fourth-order valence-corrected chi connectivity index (χ4v) is 3.07. The number of nitrogens with one attached hydrogen (secondary N) is 2. The van der Waals surface area contributed by atoms with Gasteiger partial charge in [0.1, 0.15) is 0 Å². The number of aryl methyl sites for hydroxylation is 1. The van der Waals surface area contributed by atoms with E-state index >= 15 is 0 Å². The van der Waals surface area contributed by atoms with Crippen LogP contribution < -0.4 is 10.6 Å². The molecule has 6 heteroatoms. The third kappa shape index (κ3) is 3.59. The van der Waals surface area contributed by atoms with Crippen molar-refractivity contribution in [3.05, 3.63) is 28.8 Å². The van der Waals surface area contributed by atoms with Gasteiger partial charge in [0.2, 0.25) is 0 Å². The van der Waals surface area contributed by atoms with E-state index in [-0.39, 0.29) is 18.1 Å². The van der Waals surface area contributed by atoms with Gasteiger partial charge in [-0.3, -0.25) is 9.59 Å². The maximum atomic E-state index is 12.1. The van der Waals surface area contributed by atoms with Gasteiger partial charge in [0.15, 0.2) is 0 Å². The van der Waals surface area contributed by atoms with Gasteiger partial charge < -0.3 is 15.7 Å². The van der Waals surface area contributed by atoms with Crippen LogP contribution in [-0.2, 0) is 9.59 Å². The molecule has 2 amide bonds. The molecule has 1 aliphatic rings. The summed E-state index contributed by atoms with van der Waals surface area (Å²) in [4.78, 5) is 24.1. The first-order chi connectivity index (χ1) is 10.4. The van der Waals surface area contributed by atoms with E-state index in [1.54, 1.807) is 25.1 Å². The number of carbonyl (C=O) groups is 2. The Labute approximate surface area is 135 Å². The molecule has 2 atom stereocenters. The highest BCUT2D eigenvalue weighted by molar-refractivity contribution is 6.39. The van der Waals surface area contributed by atoms with Gasteiger partial charge in [-0.1, -0.05) is 24.9 Å². The van der Waals surface area contributed by atoms with Crippen molar-refractivity contribution in [1.82, 2.24) is 5.32 Å². The highest BCUT2D eigenvalue weighted by Crippen LogP contribution is 2.37. The van der Waals surface area contributed by atoms with Crippen LogP contribution in [0.25, 0.3) is 0 Å². The number of hydrogen-bond donors (Lipinski definition) is 3. The molecule has 2 rings (SSSR count). The number of halogens is 1. The zero-order valence-electron chi connectivity index (χ0n) is 12.8. The Morgan fingerprint density at radius 2 is 2.14 bits per heavy atom. The Bertz CT molecular complexity index is 591. The van der Waals surface area contributed by atoms with E-state index in [9.17, 15) is 14.7 Å². The zero-order chi connectivity index (χ0) is 16.3. The van der Waals surface area contributed by atoms with Crippen LogP contribution in [0.3, 0.4) is 0 Å². The lowest BCUT2D eigenvalue weighted by atomic mass is 9.86. The number of benzene rings is 1. The lowest BCUT2D eigenvalue weighted by Gasteiger charge is -2.29. The smallest absolute Gasteiger partial charge is 0.313 e. The molecule has 0 saturated heterocycles. The summed E-state index contributed by atoms with van der Waals surface area (Å²) >= 11 is 5.86. The average molecular weight is 325 g/mol. The molecule has 0 aliphatic heterocycles. The lowest BCUT2D eigenvalue weighted by molar-refractivity contribution is -0.137. The molecule has 2 unspecified atom stereocenters. The maximum Gasteiger partial charge on any atom is 0.313 e. The summed E-state index contributed by atoms with van der Waals surface area (Å²) in [5.74, 6) is -1.39. The van der Waals surface area contributed by atoms with Crippen molar-refractivity contribution in [2.45, 2.75) is 39.2 Å². The fourth-order valence-electron chi connectivity index (χ4n) is 2.84. The lowest BCUT2D eigenvalue weighted by Crippen LogP contribution is -2.48. The maximum absolute atomic E-state index is 12.1. The zero-order valence-corrected chi connectivity index (χ0v) is 13.5. The topological polar surface area (TPSA) is 78.4 Å². The third-order valence-corrected chi connectivity index (χ3v) is 4.63. The van der Waals surface area contributed by atoms with Gasteiger partial charge >= 0.3 is 11.8 Å². The van der Waals surface area contributed by atoms with Gasteiger partial charge in [0.25, 0.3) is 0 Å². The predicted molar refractivity (Wildman–Crippen MR) is 85.8 cm³/mol. The van der Waals surface area contributed by atoms with Crippen molar-refractivity contribution in [3.63, 3.8) is 0 Å². The van der Waals surface area contributed by atoms with E-state index in [2.05, 4.69) is 10.6 Å². The van der Waals surface area contributed by atoms with Crippen molar-refractivity contribution in [1.29, 1.82) is 0 Å². The van der Waals surface area contributed by atoms with Gasteiger partial charge in [0, 0.05) is 22.2 Å². The van der Waals surface area contributed by atoms with Crippen LogP contribution >= 0.6 is 11.6 Å². The van der Waals surface area contributed by atoms with E-state index in [1.165, 1.54) is 0 Å². The van der Waals surface area contributed by atoms with Crippen LogP contribution in [0.15, 0.2) is 18.2 Å². The minimum absolute atomic E-state index is 0.00411. The number of aliphatic hydroxyl groups is 1. The van der Waals surface area contributed by atoms with Crippen LogP contribution in [0, 0.1) is 12.3 Å². The number of hydrogen-bond acceptors (Lipinski definition) is 3. The molecule has 22 heavy (non-hydrogen) atoms. The molecule has 1 aromatic carbocycles. The van der Waals surface area contributed by atoms with Gasteiger partial charge in [-0.25, -0.2) is 0 Å². The summed E-state index contributed by atoms with van der Waals surface area (Å²) in [5, 5.41) is 15.4. The second-order valence-electron chi connectivity index (χ2n) is 6.14. The summed E-state index contributed by atoms with van der Waals surface area (Å²) in [7, 11) is 0. The second kappa shape index (κ2) is 6.67. The first-order valence-electron chi connectivity index (χ1n) is 7.34. The molecular formula is C16H21ClN2O3. The van der Waals surface area contributed by atoms with Gasteiger partial charge in [-0.15, -0.1) is 0 Å². The van der Waals surface area contributed by atoms with Crippen molar-refractivity contribution in [2.75, 3.05) is 11.9 Å². The van der Waals surface area contributed by atoms with Crippen molar-refractivity contribution < 1.29 is 14.7 Å². The highest BCUT2D eigenvalue weighted by atomic mass is 35.5. The number of aliphatic hydroxyl groups excluding tert-OH is 1. The molecular weight excluding hydrogens is 304 g/mol. The Morgan fingerprint density at radius 3 is 2.77 bits per heavy atom. The van der Waals surface area contributed by atoms with Gasteiger partial charge in [-0.2, -0.15) is 0 Å². The summed E-state index contributed by atoms with van der Waals surface area (Å²) < 4.78 is 0. The Balaban J connectivity index is 1.99. The van der Waals surface area contributed by atoms with E-state index in [1.807, 2.05) is 6.92 Å². The minimum atomic E-state index is -0.711. The third-order valence-electron chi connectivity index (χ3n) is 4.39. The van der Waals surface area contributed by atoms with Gasteiger partial charge in [-0.05, 0) is 43.5 Å². The number of anilines is 1. The standard InChI is InChI=1S/C16H21ClN2O3/c1-10-8-11(17)5-6-12(10)18-14(21)15(22)19-13-4-3-7-16(13,2)9-20/h5-6,8,13,20H,3-4,7,9H2,1-2H3,(H,18,21)(H,19,22). The van der Waals surface area contributed by atoms with Crippen LogP contribution in [0.1, 0.15) is 31.7 Å². The van der Waals surface area contributed by atoms with Crippen molar-refractivity contribution in [3.8, 4) is 0 Å². The van der Waals surface area contributed by atoms with E-state index in [0.29, 0.717) is 10.7 Å². The molecule has 0 spiro atoms. The molecule has 120 valence electrons. The highest BCUT2D eigenvalue weighted by Gasteiger charge is 2.39. The molecule has 5 nitrogen and oxygen atoms in total. The molecule has 3 N–H and O–H groups in total. The van der Waals surface area contributed by atoms with Gasteiger partial charge in [0.05, 0.1) is 6.61 Å². The van der Waals surface area contributed by atoms with Crippen molar-refractivity contribution >= 4 is 29.1 Å². The Morgan fingerprint density at radius 1 is 1.41 bits per heavy atom. The molecule has 0 heterocycles. The number of amides is 2. The Hall–Kier alpha value is -1.59. The largest absolute Gasteiger partial charge is 0.396 e. The van der Waals surface area contributed by atoms with E-state index in [0.717, 1.165) is 24.8 Å². The average Bonchev–Trinajstić information content (AvgIpc) is 2.83. The quantitative estimate of drug-likeness (QED) is 0.746. The molecule has 1 aliphatic carbocycles. The summed E-state index contributed by atoms with van der Waals surface area (Å²) in [6.07, 6.45) is 2.54. The minimum Gasteiger partial charge on any atom is -0.396 e. The summed E-state index contributed by atoms with van der Waals surface area (Å²) in [5.41, 5.74) is 0.988. The van der Waals surface area contributed by atoms with E-state index < -0.39 is 11.8 Å². The molecule has 1 aromatic rings. The van der Waals surface area contributed by atoms with Crippen LogP contribution in [-0.4, -0.2) is 29.6 Å². The molecule has 0 bridgehead atoms.